The van der Waals surface area contributed by atoms with Gasteiger partial charge < -0.3 is 5.32 Å². The first-order chi connectivity index (χ1) is 6.24. The van der Waals surface area contributed by atoms with Crippen LogP contribution in [0.5, 0.6) is 0 Å². The van der Waals surface area contributed by atoms with Crippen LogP contribution in [0.1, 0.15) is 12.8 Å². The Morgan fingerprint density at radius 1 is 1.46 bits per heavy atom. The van der Waals surface area contributed by atoms with E-state index in [-0.39, 0.29) is 5.54 Å². The van der Waals surface area contributed by atoms with E-state index in [1.54, 1.807) is 12.4 Å². The first kappa shape index (κ1) is 9.21. The lowest BCUT2D eigenvalue weighted by Crippen LogP contribution is -2.24. The Morgan fingerprint density at radius 3 is 2.54 bits per heavy atom. The fraction of sp³-hybridized carbons (Fsp3) is 0.500. The lowest BCUT2D eigenvalue weighted by atomic mass is 10.3. The largest absolute Gasteiger partial charge is 0.348 e. The predicted octanol–water partition coefficient (Wildman–Crippen LogP) is 2.42. The van der Waals surface area contributed by atoms with E-state index in [2.05, 4.69) is 31.2 Å². The van der Waals surface area contributed by atoms with Crippen molar-refractivity contribution in [1.29, 1.82) is 0 Å². The summed E-state index contributed by atoms with van der Waals surface area (Å²) in [5, 5.41) is 3.23. The molecule has 3 nitrogen and oxygen atoms in total. The average Bonchev–Trinajstić information content (AvgIpc) is 2.90. The zero-order chi connectivity index (χ0) is 9.31. The molecule has 0 radical (unpaired) electrons. The molecule has 1 N–H and O–H groups in total. The maximum Gasteiger partial charge on any atom is 0.223 e. The molecule has 70 valence electrons. The number of alkyl halides is 1. The molecule has 2 rings (SSSR count). The molecule has 1 fully saturated rings. The number of nitrogens with zero attached hydrogens (tertiary/aromatic N) is 2. The van der Waals surface area contributed by atoms with Crippen LogP contribution in [-0.2, 0) is 0 Å². The number of halogens is 2. The first-order valence-electron chi connectivity index (χ1n) is 4.06. The zero-order valence-electron chi connectivity index (χ0n) is 6.93. The van der Waals surface area contributed by atoms with Crippen LogP contribution < -0.4 is 5.32 Å². The van der Waals surface area contributed by atoms with Crippen LogP contribution in [-0.4, -0.2) is 21.4 Å². The van der Waals surface area contributed by atoms with E-state index in [1.165, 1.54) is 0 Å². The SMILES string of the molecule is ClCC1(Nc2ncc(Br)cn2)CC1. The maximum absolute atomic E-state index is 5.81. The third kappa shape index (κ3) is 2.11. The summed E-state index contributed by atoms with van der Waals surface area (Å²) in [6, 6.07) is 0. The predicted molar refractivity (Wildman–Crippen MR) is 56.0 cm³/mol. The van der Waals surface area contributed by atoms with Crippen molar-refractivity contribution in [3.63, 3.8) is 0 Å². The van der Waals surface area contributed by atoms with Gasteiger partial charge in [0.1, 0.15) is 0 Å². The van der Waals surface area contributed by atoms with Gasteiger partial charge in [-0.25, -0.2) is 9.97 Å². The third-order valence-electron chi connectivity index (χ3n) is 2.11. The molecule has 0 aromatic carbocycles. The molecule has 0 bridgehead atoms. The highest BCUT2D eigenvalue weighted by atomic mass is 79.9. The Hall–Kier alpha value is -0.350. The smallest absolute Gasteiger partial charge is 0.223 e. The Balaban J connectivity index is 2.06. The van der Waals surface area contributed by atoms with Crippen molar-refractivity contribution >= 4 is 33.5 Å². The average molecular weight is 263 g/mol. The van der Waals surface area contributed by atoms with Gasteiger partial charge in [0.15, 0.2) is 0 Å². The van der Waals surface area contributed by atoms with Crippen LogP contribution in [0.15, 0.2) is 16.9 Å². The highest BCUT2D eigenvalue weighted by Gasteiger charge is 2.42. The maximum atomic E-state index is 5.81. The molecule has 13 heavy (non-hydrogen) atoms. The number of hydrogen-bond acceptors (Lipinski definition) is 3. The van der Waals surface area contributed by atoms with E-state index < -0.39 is 0 Å². The van der Waals surface area contributed by atoms with Crippen molar-refractivity contribution < 1.29 is 0 Å². The summed E-state index contributed by atoms with van der Waals surface area (Å²) in [6.07, 6.45) is 5.66. The van der Waals surface area contributed by atoms with Gasteiger partial charge in [0.25, 0.3) is 0 Å². The molecule has 0 atom stereocenters. The highest BCUT2D eigenvalue weighted by Crippen LogP contribution is 2.39. The molecule has 1 aliphatic rings. The molecule has 1 aliphatic carbocycles. The van der Waals surface area contributed by atoms with Gasteiger partial charge in [-0.05, 0) is 28.8 Å². The van der Waals surface area contributed by atoms with Crippen molar-refractivity contribution in [2.75, 3.05) is 11.2 Å². The monoisotopic (exact) mass is 261 g/mol. The van der Waals surface area contributed by atoms with Gasteiger partial charge in [0.2, 0.25) is 5.95 Å². The van der Waals surface area contributed by atoms with Crippen LogP contribution >= 0.6 is 27.5 Å². The van der Waals surface area contributed by atoms with Gasteiger partial charge >= 0.3 is 0 Å². The zero-order valence-corrected chi connectivity index (χ0v) is 9.27. The van der Waals surface area contributed by atoms with E-state index in [9.17, 15) is 0 Å². The molecule has 5 heteroatoms. The summed E-state index contributed by atoms with van der Waals surface area (Å²) < 4.78 is 0.883. The second-order valence-electron chi connectivity index (χ2n) is 3.26. The summed E-state index contributed by atoms with van der Waals surface area (Å²) >= 11 is 9.09. The van der Waals surface area contributed by atoms with Crippen molar-refractivity contribution in [2.24, 2.45) is 0 Å². The fourth-order valence-electron chi connectivity index (χ4n) is 1.06. The molecule has 1 heterocycles. The molecule has 0 unspecified atom stereocenters. The first-order valence-corrected chi connectivity index (χ1v) is 5.39. The second kappa shape index (κ2) is 3.42. The Bertz CT molecular complexity index is 297. The Kier molecular flexibility index (Phi) is 2.43. The van der Waals surface area contributed by atoms with E-state index in [1.807, 2.05) is 0 Å². The van der Waals surface area contributed by atoms with Crippen LogP contribution in [0.2, 0.25) is 0 Å². The topological polar surface area (TPSA) is 37.8 Å². The summed E-state index contributed by atoms with van der Waals surface area (Å²) in [5.41, 5.74) is 0.0649. The number of hydrogen-bond donors (Lipinski definition) is 1. The number of aromatic nitrogens is 2. The van der Waals surface area contributed by atoms with Crippen LogP contribution in [0.25, 0.3) is 0 Å². The van der Waals surface area contributed by atoms with Crippen molar-refractivity contribution in [3.8, 4) is 0 Å². The molecule has 1 saturated carbocycles. The minimum absolute atomic E-state index is 0.0649. The second-order valence-corrected chi connectivity index (χ2v) is 4.45. The van der Waals surface area contributed by atoms with Crippen LogP contribution in [0.3, 0.4) is 0 Å². The lowest BCUT2D eigenvalue weighted by molar-refractivity contribution is 0.817. The van der Waals surface area contributed by atoms with Crippen molar-refractivity contribution in [2.45, 2.75) is 18.4 Å². The van der Waals surface area contributed by atoms with Crippen molar-refractivity contribution in [3.05, 3.63) is 16.9 Å². The standard InChI is InChI=1S/C8H9BrClN3/c9-6-3-11-7(12-4-6)13-8(5-10)1-2-8/h3-4H,1-2,5H2,(H,11,12,13). The third-order valence-corrected chi connectivity index (χ3v) is 3.03. The minimum Gasteiger partial charge on any atom is -0.348 e. The summed E-state index contributed by atoms with van der Waals surface area (Å²) in [6.45, 7) is 0. The number of anilines is 1. The van der Waals surface area contributed by atoms with Gasteiger partial charge in [0, 0.05) is 18.3 Å². The molecule has 0 aliphatic heterocycles. The Labute approximate surface area is 90.0 Å². The van der Waals surface area contributed by atoms with E-state index in [4.69, 9.17) is 11.6 Å². The van der Waals surface area contributed by atoms with Crippen molar-refractivity contribution in [1.82, 2.24) is 9.97 Å². The molecular formula is C8H9BrClN3. The Morgan fingerprint density at radius 2 is 2.08 bits per heavy atom. The van der Waals surface area contributed by atoms with Crippen LogP contribution in [0, 0.1) is 0 Å². The van der Waals surface area contributed by atoms with Gasteiger partial charge in [-0.1, -0.05) is 0 Å². The van der Waals surface area contributed by atoms with Gasteiger partial charge in [-0.2, -0.15) is 0 Å². The quantitative estimate of drug-likeness (QED) is 0.850. The van der Waals surface area contributed by atoms with E-state index >= 15 is 0 Å². The van der Waals surface area contributed by atoms with E-state index in [0.29, 0.717) is 11.8 Å². The van der Waals surface area contributed by atoms with Gasteiger partial charge in [0.05, 0.1) is 10.0 Å². The van der Waals surface area contributed by atoms with Gasteiger partial charge in [-0.15, -0.1) is 11.6 Å². The molecule has 1 aromatic heterocycles. The lowest BCUT2D eigenvalue weighted by Gasteiger charge is -2.12. The molecule has 0 spiro atoms. The molecule has 0 amide bonds. The molecular weight excluding hydrogens is 253 g/mol. The fourth-order valence-corrected chi connectivity index (χ4v) is 1.60. The highest BCUT2D eigenvalue weighted by molar-refractivity contribution is 9.10. The minimum atomic E-state index is 0.0649. The number of rotatable bonds is 3. The number of nitrogens with one attached hydrogen (secondary N) is 1. The normalized spacial score (nSPS) is 18.3. The van der Waals surface area contributed by atoms with E-state index in [0.717, 1.165) is 17.3 Å². The van der Waals surface area contributed by atoms with Crippen LogP contribution in [0.4, 0.5) is 5.95 Å². The summed E-state index contributed by atoms with van der Waals surface area (Å²) in [5.74, 6) is 1.27. The molecule has 0 saturated heterocycles. The summed E-state index contributed by atoms with van der Waals surface area (Å²) in [4.78, 5) is 8.25. The summed E-state index contributed by atoms with van der Waals surface area (Å²) in [7, 11) is 0. The molecule has 1 aromatic rings. The van der Waals surface area contributed by atoms with Gasteiger partial charge in [-0.3, -0.25) is 0 Å².